The van der Waals surface area contributed by atoms with E-state index < -0.39 is 17.6 Å². The molecule has 16 heavy (non-hydrogen) atoms. The first-order chi connectivity index (χ1) is 7.60. The van der Waals surface area contributed by atoms with Crippen LogP contribution in [0.3, 0.4) is 0 Å². The lowest BCUT2D eigenvalue weighted by Gasteiger charge is -2.11. The molecule has 1 atom stereocenters. The third-order valence-electron chi connectivity index (χ3n) is 2.35. The SMILES string of the molecule is CCC(C#N)C(=O)Nc1c(C)cccc1F. The lowest BCUT2D eigenvalue weighted by Crippen LogP contribution is -2.22. The van der Waals surface area contributed by atoms with Gasteiger partial charge in [-0.1, -0.05) is 19.1 Å². The second-order valence-electron chi connectivity index (χ2n) is 3.51. The number of carbonyl (C=O) groups excluding carboxylic acids is 1. The van der Waals surface area contributed by atoms with E-state index in [-0.39, 0.29) is 5.69 Å². The maximum atomic E-state index is 13.4. The number of hydrogen-bond acceptors (Lipinski definition) is 2. The Bertz CT molecular complexity index is 417. The van der Waals surface area contributed by atoms with Crippen LogP contribution in [0.5, 0.6) is 0 Å². The molecule has 0 bridgehead atoms. The molecule has 0 aromatic heterocycles. The molecule has 3 nitrogen and oxygen atoms in total. The Morgan fingerprint density at radius 1 is 1.62 bits per heavy atom. The number of aryl methyl sites for hydroxylation is 1. The summed E-state index contributed by atoms with van der Waals surface area (Å²) in [5.74, 6) is -1.68. The van der Waals surface area contributed by atoms with Crippen molar-refractivity contribution in [3.63, 3.8) is 0 Å². The number of nitriles is 1. The van der Waals surface area contributed by atoms with Crippen molar-refractivity contribution in [2.45, 2.75) is 20.3 Å². The molecule has 0 spiro atoms. The first-order valence-electron chi connectivity index (χ1n) is 5.05. The zero-order valence-corrected chi connectivity index (χ0v) is 9.25. The smallest absolute Gasteiger partial charge is 0.241 e. The van der Waals surface area contributed by atoms with Gasteiger partial charge in [0.1, 0.15) is 11.7 Å². The number of halogens is 1. The molecule has 1 unspecified atom stereocenters. The van der Waals surface area contributed by atoms with Crippen molar-refractivity contribution in [3.05, 3.63) is 29.6 Å². The Labute approximate surface area is 93.9 Å². The number of benzene rings is 1. The predicted molar refractivity (Wildman–Crippen MR) is 59.2 cm³/mol. The molecular weight excluding hydrogens is 207 g/mol. The van der Waals surface area contributed by atoms with Gasteiger partial charge >= 0.3 is 0 Å². The van der Waals surface area contributed by atoms with E-state index in [9.17, 15) is 9.18 Å². The molecule has 1 aromatic rings. The number of hydrogen-bond donors (Lipinski definition) is 1. The minimum absolute atomic E-state index is 0.154. The van der Waals surface area contributed by atoms with Gasteiger partial charge in [0.05, 0.1) is 11.8 Å². The third kappa shape index (κ3) is 2.57. The second-order valence-corrected chi connectivity index (χ2v) is 3.51. The third-order valence-corrected chi connectivity index (χ3v) is 2.35. The maximum absolute atomic E-state index is 13.4. The van der Waals surface area contributed by atoms with Gasteiger partial charge in [-0.15, -0.1) is 0 Å². The molecule has 84 valence electrons. The topological polar surface area (TPSA) is 52.9 Å². The molecule has 1 rings (SSSR count). The minimum Gasteiger partial charge on any atom is -0.322 e. The molecule has 1 amide bonds. The highest BCUT2D eigenvalue weighted by Gasteiger charge is 2.17. The van der Waals surface area contributed by atoms with Crippen LogP contribution in [-0.4, -0.2) is 5.91 Å². The highest BCUT2D eigenvalue weighted by molar-refractivity contribution is 5.94. The average molecular weight is 220 g/mol. The summed E-state index contributed by atoms with van der Waals surface area (Å²) in [5.41, 5.74) is 0.794. The van der Waals surface area contributed by atoms with E-state index in [2.05, 4.69) is 5.32 Å². The summed E-state index contributed by atoms with van der Waals surface area (Å²) in [6.45, 7) is 3.44. The molecule has 4 heteroatoms. The first kappa shape index (κ1) is 12.2. The number of anilines is 1. The Morgan fingerprint density at radius 3 is 2.81 bits per heavy atom. The zero-order valence-electron chi connectivity index (χ0n) is 9.25. The summed E-state index contributed by atoms with van der Waals surface area (Å²) in [6, 6.07) is 6.42. The molecule has 0 fully saturated rings. The van der Waals surface area contributed by atoms with Crippen LogP contribution in [-0.2, 0) is 4.79 Å². The quantitative estimate of drug-likeness (QED) is 0.851. The number of rotatable bonds is 3. The maximum Gasteiger partial charge on any atom is 0.241 e. The van der Waals surface area contributed by atoms with Gasteiger partial charge in [-0.3, -0.25) is 4.79 Å². The van der Waals surface area contributed by atoms with Crippen LogP contribution in [0, 0.1) is 30.0 Å². The van der Waals surface area contributed by atoms with Gasteiger partial charge in [-0.25, -0.2) is 4.39 Å². The summed E-state index contributed by atoms with van der Waals surface area (Å²) in [6.07, 6.45) is 0.413. The van der Waals surface area contributed by atoms with Crippen molar-refractivity contribution in [3.8, 4) is 6.07 Å². The van der Waals surface area contributed by atoms with E-state index in [0.29, 0.717) is 12.0 Å². The molecule has 0 radical (unpaired) electrons. The first-order valence-corrected chi connectivity index (χ1v) is 5.05. The molecule has 1 aromatic carbocycles. The van der Waals surface area contributed by atoms with Crippen molar-refractivity contribution < 1.29 is 9.18 Å². The molecule has 0 saturated heterocycles. The second kappa shape index (κ2) is 5.26. The number of nitrogens with zero attached hydrogens (tertiary/aromatic N) is 1. The van der Waals surface area contributed by atoms with Crippen molar-refractivity contribution in [2.75, 3.05) is 5.32 Å². The van der Waals surface area contributed by atoms with E-state index in [1.54, 1.807) is 26.0 Å². The average Bonchev–Trinajstić information content (AvgIpc) is 2.25. The summed E-state index contributed by atoms with van der Waals surface area (Å²) >= 11 is 0. The monoisotopic (exact) mass is 220 g/mol. The molecule has 0 aliphatic carbocycles. The zero-order chi connectivity index (χ0) is 12.1. The fourth-order valence-electron chi connectivity index (χ4n) is 1.34. The highest BCUT2D eigenvalue weighted by Crippen LogP contribution is 2.19. The Balaban J connectivity index is 2.89. The Kier molecular flexibility index (Phi) is 4.01. The van der Waals surface area contributed by atoms with Crippen molar-refractivity contribution in [1.29, 1.82) is 5.26 Å². The summed E-state index contributed by atoms with van der Waals surface area (Å²) in [7, 11) is 0. The summed E-state index contributed by atoms with van der Waals surface area (Å²) in [5, 5.41) is 11.2. The fourth-order valence-corrected chi connectivity index (χ4v) is 1.34. The van der Waals surface area contributed by atoms with Crippen molar-refractivity contribution in [2.24, 2.45) is 5.92 Å². The van der Waals surface area contributed by atoms with E-state index in [1.165, 1.54) is 6.07 Å². The number of amides is 1. The molecule has 0 aliphatic heterocycles. The normalized spacial score (nSPS) is 11.6. The highest BCUT2D eigenvalue weighted by atomic mass is 19.1. The molecule has 0 aliphatic rings. The van der Waals surface area contributed by atoms with Gasteiger partial charge in [0.15, 0.2) is 0 Å². The van der Waals surface area contributed by atoms with Gasteiger partial charge in [0.25, 0.3) is 0 Å². The summed E-state index contributed by atoms with van der Waals surface area (Å²) < 4.78 is 13.4. The van der Waals surface area contributed by atoms with Crippen LogP contribution in [0.15, 0.2) is 18.2 Å². The van der Waals surface area contributed by atoms with Gasteiger partial charge in [0.2, 0.25) is 5.91 Å². The molecule has 0 saturated carbocycles. The van der Waals surface area contributed by atoms with Crippen LogP contribution in [0.2, 0.25) is 0 Å². The van der Waals surface area contributed by atoms with Crippen LogP contribution < -0.4 is 5.32 Å². The lowest BCUT2D eigenvalue weighted by molar-refractivity contribution is -0.118. The standard InChI is InChI=1S/C12H13FN2O/c1-3-9(7-14)12(16)15-11-8(2)5-4-6-10(11)13/h4-6,9H,3H2,1-2H3,(H,15,16). The molecule has 1 N–H and O–H groups in total. The minimum atomic E-state index is -0.737. The van der Waals surface area contributed by atoms with E-state index in [4.69, 9.17) is 5.26 Å². The Morgan fingerprint density at radius 2 is 2.31 bits per heavy atom. The Hall–Kier alpha value is -1.89. The van der Waals surface area contributed by atoms with Crippen LogP contribution in [0.4, 0.5) is 10.1 Å². The van der Waals surface area contributed by atoms with Crippen LogP contribution in [0.25, 0.3) is 0 Å². The number of para-hydroxylation sites is 1. The predicted octanol–water partition coefficient (Wildman–Crippen LogP) is 2.62. The van der Waals surface area contributed by atoms with Gasteiger partial charge in [-0.05, 0) is 25.0 Å². The van der Waals surface area contributed by atoms with Crippen LogP contribution >= 0.6 is 0 Å². The van der Waals surface area contributed by atoms with Gasteiger partial charge < -0.3 is 5.32 Å². The van der Waals surface area contributed by atoms with Crippen molar-refractivity contribution >= 4 is 11.6 Å². The largest absolute Gasteiger partial charge is 0.322 e. The van der Waals surface area contributed by atoms with Gasteiger partial charge in [0, 0.05) is 0 Å². The van der Waals surface area contributed by atoms with Gasteiger partial charge in [-0.2, -0.15) is 5.26 Å². The fraction of sp³-hybridized carbons (Fsp3) is 0.333. The molecular formula is C12H13FN2O. The van der Waals surface area contributed by atoms with E-state index >= 15 is 0 Å². The lowest BCUT2D eigenvalue weighted by atomic mass is 10.1. The number of carbonyl (C=O) groups is 1. The van der Waals surface area contributed by atoms with Crippen molar-refractivity contribution in [1.82, 2.24) is 0 Å². The van der Waals surface area contributed by atoms with E-state index in [0.717, 1.165) is 0 Å². The number of nitrogens with one attached hydrogen (secondary N) is 1. The van der Waals surface area contributed by atoms with Crippen LogP contribution in [0.1, 0.15) is 18.9 Å². The van der Waals surface area contributed by atoms with E-state index in [1.807, 2.05) is 6.07 Å². The molecule has 0 heterocycles. The summed E-state index contributed by atoms with van der Waals surface area (Å²) in [4.78, 5) is 11.6.